The Kier molecular flexibility index (Phi) is 6.72. The van der Waals surface area contributed by atoms with Crippen LogP contribution in [-0.2, 0) is 4.79 Å². The number of carbonyl (C=O) groups is 2. The Labute approximate surface area is 191 Å². The molecule has 0 fully saturated rings. The van der Waals surface area contributed by atoms with Gasteiger partial charge in [-0.3, -0.25) is 9.59 Å². The second-order valence-electron chi connectivity index (χ2n) is 7.46. The number of hydrogen-bond donors (Lipinski definition) is 2. The summed E-state index contributed by atoms with van der Waals surface area (Å²) in [4.78, 5) is 30.0. The molecule has 2 N–H and O–H groups in total. The number of benzene rings is 3. The highest BCUT2D eigenvalue weighted by atomic mass is 32.1. The first-order valence-corrected chi connectivity index (χ1v) is 11.2. The molecule has 0 aliphatic rings. The molecule has 6 heteroatoms. The van der Waals surface area contributed by atoms with Gasteiger partial charge in [0.15, 0.2) is 5.13 Å². The third-order valence-electron chi connectivity index (χ3n) is 5.03. The quantitative estimate of drug-likeness (QED) is 0.391. The predicted molar refractivity (Wildman–Crippen MR) is 129 cm³/mol. The van der Waals surface area contributed by atoms with E-state index in [0.29, 0.717) is 10.7 Å². The van der Waals surface area contributed by atoms with Gasteiger partial charge in [0.2, 0.25) is 5.91 Å². The van der Waals surface area contributed by atoms with E-state index in [4.69, 9.17) is 0 Å². The van der Waals surface area contributed by atoms with Gasteiger partial charge in [0.05, 0.1) is 18.2 Å². The number of nitrogens with one attached hydrogen (secondary N) is 2. The molecule has 4 aromatic rings. The number of hydrogen-bond acceptors (Lipinski definition) is 4. The molecule has 0 saturated heterocycles. The Bertz CT molecular complexity index is 1190. The van der Waals surface area contributed by atoms with Gasteiger partial charge in [-0.15, -0.1) is 11.3 Å². The summed E-state index contributed by atoms with van der Waals surface area (Å²) in [5.74, 6) is -0.430. The monoisotopic (exact) mass is 441 g/mol. The van der Waals surface area contributed by atoms with Gasteiger partial charge in [-0.1, -0.05) is 78.4 Å². The molecule has 160 valence electrons. The van der Waals surface area contributed by atoms with Crippen LogP contribution in [0, 0.1) is 6.92 Å². The van der Waals surface area contributed by atoms with Crippen molar-refractivity contribution in [2.75, 3.05) is 5.32 Å². The fraction of sp³-hybridized carbons (Fsp3) is 0.115. The van der Waals surface area contributed by atoms with Crippen molar-refractivity contribution in [1.82, 2.24) is 10.3 Å². The summed E-state index contributed by atoms with van der Waals surface area (Å²) in [7, 11) is 0. The van der Waals surface area contributed by atoms with Gasteiger partial charge < -0.3 is 10.6 Å². The normalized spacial score (nSPS) is 11.5. The molecule has 0 radical (unpaired) electrons. The van der Waals surface area contributed by atoms with Crippen molar-refractivity contribution in [1.29, 1.82) is 0 Å². The van der Waals surface area contributed by atoms with E-state index in [-0.39, 0.29) is 18.2 Å². The first-order valence-electron chi connectivity index (χ1n) is 10.3. The molecule has 0 aliphatic carbocycles. The van der Waals surface area contributed by atoms with Gasteiger partial charge >= 0.3 is 0 Å². The molecule has 2 amide bonds. The Morgan fingerprint density at radius 3 is 2.25 bits per heavy atom. The molecule has 0 aliphatic heterocycles. The van der Waals surface area contributed by atoms with Crippen molar-refractivity contribution in [3.05, 3.63) is 107 Å². The van der Waals surface area contributed by atoms with Crippen LogP contribution in [0.3, 0.4) is 0 Å². The van der Waals surface area contributed by atoms with Crippen LogP contribution in [0.15, 0.2) is 90.3 Å². The first-order chi connectivity index (χ1) is 15.6. The van der Waals surface area contributed by atoms with Gasteiger partial charge in [-0.05, 0) is 24.6 Å². The zero-order valence-corrected chi connectivity index (χ0v) is 18.4. The Hall–Kier alpha value is -3.77. The highest BCUT2D eigenvalue weighted by molar-refractivity contribution is 7.14. The lowest BCUT2D eigenvalue weighted by atomic mass is 10.0. The molecule has 0 spiro atoms. The number of thiazole rings is 1. The summed E-state index contributed by atoms with van der Waals surface area (Å²) in [5, 5.41) is 8.32. The first kappa shape index (κ1) is 21.5. The van der Waals surface area contributed by atoms with Crippen molar-refractivity contribution < 1.29 is 9.59 Å². The third-order valence-corrected chi connectivity index (χ3v) is 5.79. The minimum absolute atomic E-state index is 0.0992. The average molecular weight is 442 g/mol. The second-order valence-corrected chi connectivity index (χ2v) is 8.32. The molecule has 1 atom stereocenters. The molecular weight excluding hydrogens is 418 g/mol. The molecule has 0 unspecified atom stereocenters. The molecule has 4 rings (SSSR count). The van der Waals surface area contributed by atoms with E-state index >= 15 is 0 Å². The summed E-state index contributed by atoms with van der Waals surface area (Å²) in [5.41, 5.74) is 4.43. The summed E-state index contributed by atoms with van der Waals surface area (Å²) in [6.45, 7) is 2.04. The third kappa shape index (κ3) is 5.47. The largest absolute Gasteiger partial charge is 0.345 e. The van der Waals surface area contributed by atoms with Crippen LogP contribution in [0.4, 0.5) is 5.13 Å². The van der Waals surface area contributed by atoms with Crippen LogP contribution in [-0.4, -0.2) is 16.8 Å². The molecule has 5 nitrogen and oxygen atoms in total. The van der Waals surface area contributed by atoms with E-state index in [2.05, 4.69) is 15.6 Å². The summed E-state index contributed by atoms with van der Waals surface area (Å²) >= 11 is 1.38. The van der Waals surface area contributed by atoms with Crippen molar-refractivity contribution >= 4 is 28.3 Å². The molecule has 0 saturated carbocycles. The molecular formula is C26H23N3O2S. The predicted octanol–water partition coefficient (Wildman–Crippen LogP) is 5.62. The maximum atomic E-state index is 12.8. The summed E-state index contributed by atoms with van der Waals surface area (Å²) in [6, 6.07) is 26.1. The van der Waals surface area contributed by atoms with Crippen LogP contribution in [0.2, 0.25) is 0 Å². The number of rotatable bonds is 7. The van der Waals surface area contributed by atoms with E-state index in [1.54, 1.807) is 12.1 Å². The lowest BCUT2D eigenvalue weighted by molar-refractivity contribution is -0.116. The van der Waals surface area contributed by atoms with Crippen LogP contribution in [0.25, 0.3) is 11.3 Å². The lowest BCUT2D eigenvalue weighted by Gasteiger charge is -2.19. The smallest absolute Gasteiger partial charge is 0.251 e. The van der Waals surface area contributed by atoms with Crippen LogP contribution in [0.5, 0.6) is 0 Å². The van der Waals surface area contributed by atoms with E-state index < -0.39 is 6.04 Å². The van der Waals surface area contributed by atoms with Crippen molar-refractivity contribution in [3.63, 3.8) is 0 Å². The Morgan fingerprint density at radius 1 is 0.906 bits per heavy atom. The zero-order chi connectivity index (χ0) is 22.3. The van der Waals surface area contributed by atoms with Crippen molar-refractivity contribution in [2.24, 2.45) is 0 Å². The van der Waals surface area contributed by atoms with E-state index in [1.165, 1.54) is 16.9 Å². The number of aryl methyl sites for hydroxylation is 1. The molecule has 1 heterocycles. The number of nitrogens with zero attached hydrogens (tertiary/aromatic N) is 1. The van der Waals surface area contributed by atoms with Gasteiger partial charge in [0.25, 0.3) is 5.91 Å². The van der Waals surface area contributed by atoms with Gasteiger partial charge in [0, 0.05) is 16.5 Å². The molecule has 1 aromatic heterocycles. The molecule has 32 heavy (non-hydrogen) atoms. The maximum Gasteiger partial charge on any atom is 0.251 e. The zero-order valence-electron chi connectivity index (χ0n) is 17.6. The Morgan fingerprint density at radius 2 is 1.56 bits per heavy atom. The van der Waals surface area contributed by atoms with Crippen LogP contribution >= 0.6 is 11.3 Å². The molecule has 0 bridgehead atoms. The molecule has 3 aromatic carbocycles. The van der Waals surface area contributed by atoms with E-state index in [1.807, 2.05) is 85.1 Å². The van der Waals surface area contributed by atoms with E-state index in [0.717, 1.165) is 16.8 Å². The van der Waals surface area contributed by atoms with Gasteiger partial charge in [0.1, 0.15) is 0 Å². The van der Waals surface area contributed by atoms with Gasteiger partial charge in [-0.2, -0.15) is 0 Å². The highest BCUT2D eigenvalue weighted by Crippen LogP contribution is 2.26. The van der Waals surface area contributed by atoms with Gasteiger partial charge in [-0.25, -0.2) is 4.98 Å². The van der Waals surface area contributed by atoms with Crippen molar-refractivity contribution in [3.8, 4) is 11.3 Å². The topological polar surface area (TPSA) is 71.1 Å². The second kappa shape index (κ2) is 10.0. The SMILES string of the molecule is Cc1ccc(-c2csc(NC(=O)C[C@@H](NC(=O)c3ccccc3)c3ccccc3)n2)cc1. The van der Waals surface area contributed by atoms with Crippen LogP contribution in [0.1, 0.15) is 33.9 Å². The number of aromatic nitrogens is 1. The average Bonchev–Trinajstić information content (AvgIpc) is 3.28. The highest BCUT2D eigenvalue weighted by Gasteiger charge is 2.20. The maximum absolute atomic E-state index is 12.8. The van der Waals surface area contributed by atoms with Crippen molar-refractivity contribution in [2.45, 2.75) is 19.4 Å². The van der Waals surface area contributed by atoms with Crippen LogP contribution < -0.4 is 10.6 Å². The minimum Gasteiger partial charge on any atom is -0.345 e. The fourth-order valence-corrected chi connectivity index (χ4v) is 4.05. The Balaban J connectivity index is 1.45. The fourth-order valence-electron chi connectivity index (χ4n) is 3.31. The number of anilines is 1. The summed E-state index contributed by atoms with van der Waals surface area (Å²) in [6.07, 6.45) is 0.0992. The number of amides is 2. The minimum atomic E-state index is -0.458. The summed E-state index contributed by atoms with van der Waals surface area (Å²) < 4.78 is 0. The number of carbonyl (C=O) groups excluding carboxylic acids is 2. The van der Waals surface area contributed by atoms with E-state index in [9.17, 15) is 9.59 Å². The lowest BCUT2D eigenvalue weighted by Crippen LogP contribution is -2.31. The standard InChI is InChI=1S/C26H23N3O2S/c1-18-12-14-20(15-13-18)23-17-32-26(28-23)29-24(30)16-22(19-8-4-2-5-9-19)27-25(31)21-10-6-3-7-11-21/h2-15,17,22H,16H2,1H3,(H,27,31)(H,28,29,30)/t22-/m1/s1.